The fourth-order valence-corrected chi connectivity index (χ4v) is 1.67. The van der Waals surface area contributed by atoms with Crippen LogP contribution in [0, 0.1) is 5.82 Å². The molecule has 98 valence electrons. The van der Waals surface area contributed by atoms with Crippen molar-refractivity contribution in [2.75, 3.05) is 18.2 Å². The van der Waals surface area contributed by atoms with Crippen molar-refractivity contribution < 1.29 is 13.9 Å². The molecule has 0 aliphatic heterocycles. The highest BCUT2D eigenvalue weighted by Crippen LogP contribution is 2.24. The number of nitrogens with two attached hydrogens (primary N) is 1. The molecule has 19 heavy (non-hydrogen) atoms. The first kappa shape index (κ1) is 12.9. The molecular weight excluding hydrogens is 247 g/mol. The van der Waals surface area contributed by atoms with E-state index < -0.39 is 5.97 Å². The zero-order valence-corrected chi connectivity index (χ0v) is 10.3. The molecule has 0 fully saturated rings. The molecule has 3 N–H and O–H groups in total. The Hall–Kier alpha value is -2.56. The van der Waals surface area contributed by atoms with Gasteiger partial charge >= 0.3 is 5.97 Å². The lowest BCUT2D eigenvalue weighted by Gasteiger charge is -2.11. The molecule has 0 amide bonds. The van der Waals surface area contributed by atoms with Crippen molar-refractivity contribution in [3.63, 3.8) is 0 Å². The van der Waals surface area contributed by atoms with Gasteiger partial charge in [-0.1, -0.05) is 6.07 Å². The Balaban J connectivity index is 2.37. The average Bonchev–Trinajstić information content (AvgIpc) is 2.40. The van der Waals surface area contributed by atoms with Crippen molar-refractivity contribution in [2.45, 2.75) is 0 Å². The number of esters is 1. The van der Waals surface area contributed by atoms with Crippen molar-refractivity contribution in [2.24, 2.45) is 0 Å². The summed E-state index contributed by atoms with van der Waals surface area (Å²) in [5.41, 5.74) is 7.43. The van der Waals surface area contributed by atoms with Crippen LogP contribution >= 0.6 is 0 Å². The van der Waals surface area contributed by atoms with Crippen LogP contribution in [0.5, 0.6) is 0 Å². The van der Waals surface area contributed by atoms with E-state index in [4.69, 9.17) is 5.73 Å². The third-order valence-corrected chi connectivity index (χ3v) is 2.55. The van der Waals surface area contributed by atoms with Gasteiger partial charge in [0.05, 0.1) is 18.4 Å². The topological polar surface area (TPSA) is 64.3 Å². The van der Waals surface area contributed by atoms with Gasteiger partial charge in [0, 0.05) is 11.4 Å². The first-order chi connectivity index (χ1) is 9.10. The van der Waals surface area contributed by atoms with Crippen LogP contribution in [0.15, 0.2) is 42.5 Å². The van der Waals surface area contributed by atoms with Crippen molar-refractivity contribution in [3.8, 4) is 0 Å². The average molecular weight is 260 g/mol. The molecule has 0 aliphatic carbocycles. The van der Waals surface area contributed by atoms with E-state index in [0.29, 0.717) is 22.6 Å². The van der Waals surface area contributed by atoms with E-state index in [1.807, 2.05) is 0 Å². The van der Waals surface area contributed by atoms with E-state index in [9.17, 15) is 9.18 Å². The minimum Gasteiger partial charge on any atom is -0.465 e. The van der Waals surface area contributed by atoms with E-state index >= 15 is 0 Å². The van der Waals surface area contributed by atoms with Gasteiger partial charge in [-0.3, -0.25) is 0 Å². The number of halogens is 1. The molecule has 0 spiro atoms. The Morgan fingerprint density at radius 1 is 1.26 bits per heavy atom. The molecule has 0 aromatic heterocycles. The van der Waals surface area contributed by atoms with Crippen LogP contribution in [0.4, 0.5) is 21.5 Å². The standard InChI is InChI=1S/C14H13FN2O2/c1-19-14(18)12-8-10(16)5-6-13(12)17-11-4-2-3-9(15)7-11/h2-8,17H,16H2,1H3. The van der Waals surface area contributed by atoms with Crippen molar-refractivity contribution in [3.05, 3.63) is 53.8 Å². The first-order valence-electron chi connectivity index (χ1n) is 5.60. The third-order valence-electron chi connectivity index (χ3n) is 2.55. The Morgan fingerprint density at radius 2 is 2.05 bits per heavy atom. The lowest BCUT2D eigenvalue weighted by Crippen LogP contribution is -2.06. The molecule has 0 unspecified atom stereocenters. The Bertz CT molecular complexity index is 614. The quantitative estimate of drug-likeness (QED) is 0.658. The zero-order chi connectivity index (χ0) is 13.8. The lowest BCUT2D eigenvalue weighted by molar-refractivity contribution is 0.0602. The maximum atomic E-state index is 13.1. The number of rotatable bonds is 3. The van der Waals surface area contributed by atoms with Gasteiger partial charge in [-0.15, -0.1) is 0 Å². The SMILES string of the molecule is COC(=O)c1cc(N)ccc1Nc1cccc(F)c1. The van der Waals surface area contributed by atoms with Crippen LogP contribution in [-0.4, -0.2) is 13.1 Å². The molecule has 0 radical (unpaired) electrons. The van der Waals surface area contributed by atoms with Gasteiger partial charge in [-0.25, -0.2) is 9.18 Å². The summed E-state index contributed by atoms with van der Waals surface area (Å²) in [7, 11) is 1.29. The second-order valence-corrected chi connectivity index (χ2v) is 3.93. The number of carbonyl (C=O) groups is 1. The normalized spacial score (nSPS) is 10.0. The van der Waals surface area contributed by atoms with E-state index in [1.165, 1.54) is 25.3 Å². The predicted octanol–water partition coefficient (Wildman–Crippen LogP) is 2.94. The summed E-state index contributed by atoms with van der Waals surface area (Å²) < 4.78 is 17.8. The Kier molecular flexibility index (Phi) is 3.66. The minimum absolute atomic E-state index is 0.298. The first-order valence-corrected chi connectivity index (χ1v) is 5.60. The summed E-state index contributed by atoms with van der Waals surface area (Å²) in [4.78, 5) is 11.7. The molecule has 2 aromatic rings. The van der Waals surface area contributed by atoms with Gasteiger partial charge in [0.2, 0.25) is 0 Å². The smallest absolute Gasteiger partial charge is 0.340 e. The number of ether oxygens (including phenoxy) is 1. The Morgan fingerprint density at radius 3 is 2.74 bits per heavy atom. The number of benzene rings is 2. The molecule has 0 atom stereocenters. The molecular formula is C14H13FN2O2. The fraction of sp³-hybridized carbons (Fsp3) is 0.0714. The van der Waals surface area contributed by atoms with Crippen LogP contribution in [0.1, 0.15) is 10.4 Å². The number of anilines is 3. The molecule has 0 saturated heterocycles. The van der Waals surface area contributed by atoms with Gasteiger partial charge in [0.25, 0.3) is 0 Å². The molecule has 0 aliphatic rings. The van der Waals surface area contributed by atoms with E-state index in [2.05, 4.69) is 10.1 Å². The van der Waals surface area contributed by atoms with Gasteiger partial charge in [-0.05, 0) is 36.4 Å². The predicted molar refractivity (Wildman–Crippen MR) is 71.9 cm³/mol. The van der Waals surface area contributed by atoms with E-state index in [0.717, 1.165) is 0 Å². The van der Waals surface area contributed by atoms with Gasteiger partial charge < -0.3 is 15.8 Å². The number of nitrogens with one attached hydrogen (secondary N) is 1. The molecule has 4 nitrogen and oxygen atoms in total. The maximum Gasteiger partial charge on any atom is 0.340 e. The van der Waals surface area contributed by atoms with Crippen LogP contribution in [-0.2, 0) is 4.74 Å². The molecule has 0 heterocycles. The number of carbonyl (C=O) groups excluding carboxylic acids is 1. The van der Waals surface area contributed by atoms with Gasteiger partial charge in [-0.2, -0.15) is 0 Å². The summed E-state index contributed by atoms with van der Waals surface area (Å²) in [6.07, 6.45) is 0. The van der Waals surface area contributed by atoms with Crippen LogP contribution in [0.25, 0.3) is 0 Å². The zero-order valence-electron chi connectivity index (χ0n) is 10.3. The van der Waals surface area contributed by atoms with Crippen LogP contribution in [0.3, 0.4) is 0 Å². The third kappa shape index (κ3) is 3.01. The highest BCUT2D eigenvalue weighted by atomic mass is 19.1. The monoisotopic (exact) mass is 260 g/mol. The minimum atomic E-state index is -0.508. The number of nitrogen functional groups attached to an aromatic ring is 1. The van der Waals surface area contributed by atoms with E-state index in [-0.39, 0.29) is 5.82 Å². The second-order valence-electron chi connectivity index (χ2n) is 3.93. The summed E-state index contributed by atoms with van der Waals surface area (Å²) >= 11 is 0. The van der Waals surface area contributed by atoms with Crippen molar-refractivity contribution in [1.29, 1.82) is 0 Å². The van der Waals surface area contributed by atoms with Crippen molar-refractivity contribution in [1.82, 2.24) is 0 Å². The highest BCUT2D eigenvalue weighted by molar-refractivity contribution is 5.97. The van der Waals surface area contributed by atoms with Crippen molar-refractivity contribution >= 4 is 23.0 Å². The molecule has 2 aromatic carbocycles. The molecule has 0 bridgehead atoms. The lowest BCUT2D eigenvalue weighted by atomic mass is 10.1. The Labute approximate surface area is 110 Å². The summed E-state index contributed by atoms with van der Waals surface area (Å²) in [6.45, 7) is 0. The maximum absolute atomic E-state index is 13.1. The second kappa shape index (κ2) is 5.39. The van der Waals surface area contributed by atoms with E-state index in [1.54, 1.807) is 24.3 Å². The molecule has 5 heteroatoms. The van der Waals surface area contributed by atoms with Crippen LogP contribution in [0.2, 0.25) is 0 Å². The molecule has 2 rings (SSSR count). The number of hydrogen-bond donors (Lipinski definition) is 2. The van der Waals surface area contributed by atoms with Gasteiger partial charge in [0.15, 0.2) is 0 Å². The summed E-state index contributed by atoms with van der Waals surface area (Å²) in [6, 6.07) is 10.7. The largest absolute Gasteiger partial charge is 0.465 e. The number of methoxy groups -OCH3 is 1. The molecule has 0 saturated carbocycles. The van der Waals surface area contributed by atoms with Crippen LogP contribution < -0.4 is 11.1 Å². The number of hydrogen-bond acceptors (Lipinski definition) is 4. The summed E-state index contributed by atoms with van der Waals surface area (Å²) in [5, 5.41) is 2.96. The van der Waals surface area contributed by atoms with Gasteiger partial charge in [0.1, 0.15) is 5.82 Å². The fourth-order valence-electron chi connectivity index (χ4n) is 1.67. The summed E-state index contributed by atoms with van der Waals surface area (Å²) in [5.74, 6) is -0.869. The highest BCUT2D eigenvalue weighted by Gasteiger charge is 2.12.